The number of carboxylic acid groups (broad SMARTS) is 1. The number of hydrogen-bond donors (Lipinski definition) is 2. The van der Waals surface area contributed by atoms with E-state index in [9.17, 15) is 14.7 Å². The third kappa shape index (κ3) is 7.81. The highest BCUT2D eigenvalue weighted by Crippen LogP contribution is 2.34. The van der Waals surface area contributed by atoms with Crippen molar-refractivity contribution < 1.29 is 28.6 Å². The van der Waals surface area contributed by atoms with Crippen LogP contribution >= 0.6 is 23.1 Å². The number of nitrogens with one attached hydrogen (secondary N) is 1. The van der Waals surface area contributed by atoms with Gasteiger partial charge in [-0.3, -0.25) is 15.0 Å². The zero-order valence-corrected chi connectivity index (χ0v) is 21.8. The van der Waals surface area contributed by atoms with E-state index in [4.69, 9.17) is 9.47 Å². The lowest BCUT2D eigenvalue weighted by Gasteiger charge is -2.26. The van der Waals surface area contributed by atoms with Crippen LogP contribution in [0.25, 0.3) is 0 Å². The third-order valence-corrected chi connectivity index (χ3v) is 8.35. The van der Waals surface area contributed by atoms with Gasteiger partial charge in [0.05, 0.1) is 28.1 Å². The van der Waals surface area contributed by atoms with Gasteiger partial charge in [-0.05, 0) is 44.7 Å². The van der Waals surface area contributed by atoms with Crippen LogP contribution in [0.4, 0.5) is 20.0 Å². The maximum atomic E-state index is 15.1. The van der Waals surface area contributed by atoms with E-state index in [0.29, 0.717) is 42.3 Å². The van der Waals surface area contributed by atoms with Gasteiger partial charge in [-0.15, -0.1) is 11.8 Å². The lowest BCUT2D eigenvalue weighted by atomic mass is 9.97. The molecule has 0 radical (unpaired) electrons. The van der Waals surface area contributed by atoms with Crippen molar-refractivity contribution in [2.75, 3.05) is 42.8 Å². The van der Waals surface area contributed by atoms with Crippen LogP contribution in [0.15, 0.2) is 28.6 Å². The van der Waals surface area contributed by atoms with E-state index < -0.39 is 23.2 Å². The Morgan fingerprint density at radius 3 is 2.71 bits per heavy atom. The first-order chi connectivity index (χ1) is 16.7. The Morgan fingerprint density at radius 2 is 2.06 bits per heavy atom. The van der Waals surface area contributed by atoms with E-state index in [0.717, 1.165) is 29.9 Å². The predicted molar refractivity (Wildman–Crippen MR) is 136 cm³/mol. The molecule has 2 N–H and O–H groups in total. The van der Waals surface area contributed by atoms with Gasteiger partial charge in [0.25, 0.3) is 0 Å². The molecule has 1 aliphatic carbocycles. The topological polar surface area (TPSA) is 101 Å². The van der Waals surface area contributed by atoms with Gasteiger partial charge in [-0.2, -0.15) is 0 Å². The van der Waals surface area contributed by atoms with Gasteiger partial charge in [-0.1, -0.05) is 24.2 Å². The van der Waals surface area contributed by atoms with Gasteiger partial charge in [0, 0.05) is 25.5 Å². The molecule has 2 aromatic rings. The number of thiazole rings is 1. The average molecular weight is 526 g/mol. The summed E-state index contributed by atoms with van der Waals surface area (Å²) in [5, 5.41) is 12.5. The SMILES string of the molecule is COCCOc1ccc(N(CC2CCCC2)C(=O)Nc2ncc(SCC(C)(C)C(=O)O)s2)c(F)c1. The zero-order chi connectivity index (χ0) is 25.4. The quantitative estimate of drug-likeness (QED) is 0.269. The number of hydrogen-bond acceptors (Lipinski definition) is 7. The second kappa shape index (κ2) is 12.5. The second-order valence-corrected chi connectivity index (χ2v) is 11.4. The molecule has 0 atom stereocenters. The third-order valence-electron chi connectivity index (χ3n) is 5.78. The molecule has 2 amide bonds. The largest absolute Gasteiger partial charge is 0.491 e. The molecule has 1 aromatic carbocycles. The van der Waals surface area contributed by atoms with E-state index in [1.54, 1.807) is 39.3 Å². The minimum absolute atomic E-state index is 0.183. The molecule has 192 valence electrons. The van der Waals surface area contributed by atoms with Crippen molar-refractivity contribution in [3.8, 4) is 5.75 Å². The van der Waals surface area contributed by atoms with E-state index in [1.807, 2.05) is 0 Å². The van der Waals surface area contributed by atoms with Crippen molar-refractivity contribution in [1.82, 2.24) is 4.98 Å². The number of anilines is 2. The van der Waals surface area contributed by atoms with Gasteiger partial charge in [0.1, 0.15) is 12.4 Å². The molecule has 11 heteroatoms. The fourth-order valence-electron chi connectivity index (χ4n) is 3.64. The van der Waals surface area contributed by atoms with Crippen LogP contribution in [0, 0.1) is 17.2 Å². The maximum absolute atomic E-state index is 15.1. The van der Waals surface area contributed by atoms with Crippen LogP contribution < -0.4 is 15.0 Å². The first-order valence-electron chi connectivity index (χ1n) is 11.5. The highest BCUT2D eigenvalue weighted by atomic mass is 32.2. The number of methoxy groups -OCH3 is 1. The summed E-state index contributed by atoms with van der Waals surface area (Å²) in [5.74, 6) is -0.369. The maximum Gasteiger partial charge on any atom is 0.328 e. The number of carbonyl (C=O) groups is 2. The first-order valence-corrected chi connectivity index (χ1v) is 13.3. The fourth-order valence-corrected chi connectivity index (χ4v) is 5.58. The molecule has 8 nitrogen and oxygen atoms in total. The number of amides is 2. The fraction of sp³-hybridized carbons (Fsp3) is 0.542. The van der Waals surface area contributed by atoms with Gasteiger partial charge in [0.15, 0.2) is 10.9 Å². The van der Waals surface area contributed by atoms with E-state index >= 15 is 4.39 Å². The Balaban J connectivity index is 1.71. The van der Waals surface area contributed by atoms with E-state index in [-0.39, 0.29) is 5.69 Å². The molecule has 35 heavy (non-hydrogen) atoms. The molecule has 1 fully saturated rings. The number of rotatable bonds is 12. The number of nitrogens with zero attached hydrogens (tertiary/aromatic N) is 2. The molecule has 1 aromatic heterocycles. The smallest absolute Gasteiger partial charge is 0.328 e. The van der Waals surface area contributed by atoms with E-state index in [1.165, 1.54) is 34.1 Å². The molecule has 0 aliphatic heterocycles. The van der Waals surface area contributed by atoms with E-state index in [2.05, 4.69) is 10.3 Å². The summed E-state index contributed by atoms with van der Waals surface area (Å²) < 4.78 is 26.3. The Bertz CT molecular complexity index is 1010. The molecular weight excluding hydrogens is 493 g/mol. The standard InChI is InChI=1S/C24H32FN3O5S2/c1-24(2,21(29)30)15-34-20-13-26-22(35-20)27-23(31)28(14-16-6-4-5-7-16)19-9-8-17(12-18(19)25)33-11-10-32-3/h8-9,12-13,16H,4-7,10-11,14-15H2,1-3H3,(H,29,30)(H,26,27,31). The van der Waals surface area contributed by atoms with Gasteiger partial charge in [0.2, 0.25) is 0 Å². The number of thioether (sulfide) groups is 1. The van der Waals surface area contributed by atoms with Crippen molar-refractivity contribution >= 4 is 45.9 Å². The predicted octanol–water partition coefficient (Wildman–Crippen LogP) is 5.74. The molecule has 1 saturated carbocycles. The number of halogens is 1. The average Bonchev–Trinajstić information content (AvgIpc) is 3.49. The Morgan fingerprint density at radius 1 is 1.31 bits per heavy atom. The molecule has 1 heterocycles. The first kappa shape index (κ1) is 27.2. The van der Waals surface area contributed by atoms with Gasteiger partial charge >= 0.3 is 12.0 Å². The van der Waals surface area contributed by atoms with Crippen LogP contribution in [0.1, 0.15) is 39.5 Å². The molecule has 0 spiro atoms. The second-order valence-electron chi connectivity index (χ2n) is 9.11. The number of carboxylic acids is 1. The molecule has 1 aliphatic rings. The summed E-state index contributed by atoms with van der Waals surface area (Å²) >= 11 is 2.64. The summed E-state index contributed by atoms with van der Waals surface area (Å²) in [7, 11) is 1.56. The van der Waals surface area contributed by atoms with Crippen LogP contribution in [0.3, 0.4) is 0 Å². The van der Waals surface area contributed by atoms with Gasteiger partial charge < -0.3 is 14.6 Å². The van der Waals surface area contributed by atoms with Crippen molar-refractivity contribution in [2.24, 2.45) is 11.3 Å². The summed E-state index contributed by atoms with van der Waals surface area (Å²) in [6, 6.07) is 4.03. The van der Waals surface area contributed by atoms with Crippen molar-refractivity contribution in [2.45, 2.75) is 43.7 Å². The zero-order valence-electron chi connectivity index (χ0n) is 20.2. The summed E-state index contributed by atoms with van der Waals surface area (Å²) in [6.07, 6.45) is 5.82. The normalized spacial score (nSPS) is 14.2. The van der Waals surface area contributed by atoms with Crippen molar-refractivity contribution in [1.29, 1.82) is 0 Å². The monoisotopic (exact) mass is 525 g/mol. The number of aliphatic carboxylic acids is 1. The molecule has 0 bridgehead atoms. The highest BCUT2D eigenvalue weighted by molar-refractivity contribution is 8.01. The number of carbonyl (C=O) groups excluding carboxylic acids is 1. The number of ether oxygens (including phenoxy) is 2. The molecule has 3 rings (SSSR count). The number of benzene rings is 1. The Kier molecular flexibility index (Phi) is 9.76. The summed E-state index contributed by atoms with van der Waals surface area (Å²) in [5.41, 5.74) is -0.699. The minimum atomic E-state index is -0.882. The Hall–Kier alpha value is -2.37. The lowest BCUT2D eigenvalue weighted by molar-refractivity contribution is -0.145. The summed E-state index contributed by atoms with van der Waals surface area (Å²) in [4.78, 5) is 30.3. The summed E-state index contributed by atoms with van der Waals surface area (Å²) in [6.45, 7) is 4.42. The Labute approximate surface area is 213 Å². The van der Waals surface area contributed by atoms with Crippen LogP contribution in [-0.2, 0) is 9.53 Å². The highest BCUT2D eigenvalue weighted by Gasteiger charge is 2.28. The molecule has 0 unspecified atom stereocenters. The van der Waals surface area contributed by atoms with Crippen LogP contribution in [0.2, 0.25) is 0 Å². The molecular formula is C24H32FN3O5S2. The number of aromatic nitrogens is 1. The number of urea groups is 1. The molecule has 0 saturated heterocycles. The van der Waals surface area contributed by atoms with Crippen molar-refractivity contribution in [3.63, 3.8) is 0 Å². The van der Waals surface area contributed by atoms with Crippen LogP contribution in [-0.4, -0.2) is 54.7 Å². The van der Waals surface area contributed by atoms with Gasteiger partial charge in [-0.25, -0.2) is 14.2 Å². The van der Waals surface area contributed by atoms with Crippen LogP contribution in [0.5, 0.6) is 5.75 Å². The van der Waals surface area contributed by atoms with Crippen molar-refractivity contribution in [3.05, 3.63) is 30.2 Å². The lowest BCUT2D eigenvalue weighted by Crippen LogP contribution is -2.38. The minimum Gasteiger partial charge on any atom is -0.491 e.